The fourth-order valence-corrected chi connectivity index (χ4v) is 2.70. The van der Waals surface area contributed by atoms with Crippen LogP contribution in [-0.2, 0) is 4.79 Å². The molecule has 0 aliphatic carbocycles. The number of rotatable bonds is 7. The van der Waals surface area contributed by atoms with E-state index in [-0.39, 0.29) is 5.57 Å². The molecule has 2 aromatic rings. The summed E-state index contributed by atoms with van der Waals surface area (Å²) in [6.07, 6.45) is 1.26. The van der Waals surface area contributed by atoms with Crippen LogP contribution in [0, 0.1) is 11.3 Å². The lowest BCUT2D eigenvalue weighted by Crippen LogP contribution is -2.14. The number of carbonyl (C=O) groups excluding carboxylic acids is 1. The number of nitrogens with zero attached hydrogens (tertiary/aromatic N) is 1. The number of nitrogens with one attached hydrogen (secondary N) is 2. The highest BCUT2D eigenvalue weighted by Gasteiger charge is 2.13. The fourth-order valence-electron chi connectivity index (χ4n) is 2.21. The summed E-state index contributed by atoms with van der Waals surface area (Å²) >= 11 is 12.1. The molecule has 2 rings (SSSR count). The Bertz CT molecular complexity index is 955. The Hall–Kier alpha value is -3.08. The molecule has 146 valence electrons. The number of carbonyl (C=O) groups is 1. The number of hydrogen-bond acceptors (Lipinski definition) is 6. The average molecular weight is 422 g/mol. The van der Waals surface area contributed by atoms with Crippen LogP contribution in [0.4, 0.5) is 11.4 Å². The van der Waals surface area contributed by atoms with Crippen LogP contribution in [0.3, 0.4) is 0 Å². The van der Waals surface area contributed by atoms with Gasteiger partial charge in [-0.05, 0) is 18.2 Å². The van der Waals surface area contributed by atoms with Gasteiger partial charge in [0.25, 0.3) is 5.91 Å². The Balaban J connectivity index is 2.21. The van der Waals surface area contributed by atoms with Gasteiger partial charge in [0.05, 0.1) is 37.1 Å². The van der Waals surface area contributed by atoms with Crippen molar-refractivity contribution in [3.8, 4) is 23.3 Å². The van der Waals surface area contributed by atoms with E-state index in [4.69, 9.17) is 37.4 Å². The SMILES string of the molecule is COc1ccc(NC(=O)/C(C#N)=C\Nc2cc(OC)c(Cl)cc2OC)cc1Cl. The first-order chi connectivity index (χ1) is 13.4. The molecule has 0 aromatic heterocycles. The second kappa shape index (κ2) is 9.74. The van der Waals surface area contributed by atoms with Crippen molar-refractivity contribution in [2.24, 2.45) is 0 Å². The minimum atomic E-state index is -0.615. The zero-order valence-corrected chi connectivity index (χ0v) is 16.8. The summed E-state index contributed by atoms with van der Waals surface area (Å²) in [4.78, 5) is 12.4. The molecule has 0 bridgehead atoms. The molecule has 0 saturated carbocycles. The van der Waals surface area contributed by atoms with E-state index in [1.165, 1.54) is 33.6 Å². The van der Waals surface area contributed by atoms with Gasteiger partial charge < -0.3 is 24.8 Å². The predicted octanol–water partition coefficient (Wildman–Crippen LogP) is 4.48. The van der Waals surface area contributed by atoms with Gasteiger partial charge in [-0.3, -0.25) is 4.79 Å². The van der Waals surface area contributed by atoms with Gasteiger partial charge in [0.2, 0.25) is 0 Å². The number of amides is 1. The standard InChI is InChI=1S/C19H17Cl2N3O4/c1-26-16-5-4-12(6-13(16)20)24-19(25)11(9-22)10-23-15-8-17(27-2)14(21)7-18(15)28-3/h4-8,10,23H,1-3H3,(H,24,25)/b11-10-. The van der Waals surface area contributed by atoms with Crippen LogP contribution in [0.25, 0.3) is 0 Å². The molecule has 0 aliphatic rings. The number of anilines is 2. The van der Waals surface area contributed by atoms with Gasteiger partial charge in [-0.1, -0.05) is 23.2 Å². The topological polar surface area (TPSA) is 92.6 Å². The van der Waals surface area contributed by atoms with Crippen molar-refractivity contribution in [1.82, 2.24) is 0 Å². The first-order valence-corrected chi connectivity index (χ1v) is 8.62. The summed E-state index contributed by atoms with van der Waals surface area (Å²) in [5.41, 5.74) is 0.724. The maximum atomic E-state index is 12.4. The number of ether oxygens (including phenoxy) is 3. The molecular formula is C19H17Cl2N3O4. The second-order valence-electron chi connectivity index (χ2n) is 5.30. The van der Waals surface area contributed by atoms with E-state index >= 15 is 0 Å². The molecule has 2 N–H and O–H groups in total. The average Bonchev–Trinajstić information content (AvgIpc) is 2.69. The molecule has 1 amide bonds. The Morgan fingerprint density at radius 2 is 1.64 bits per heavy atom. The lowest BCUT2D eigenvalue weighted by molar-refractivity contribution is -0.112. The lowest BCUT2D eigenvalue weighted by Gasteiger charge is -2.12. The molecule has 0 radical (unpaired) electrons. The van der Waals surface area contributed by atoms with E-state index in [0.29, 0.717) is 38.7 Å². The Kier molecular flexibility index (Phi) is 7.38. The van der Waals surface area contributed by atoms with Gasteiger partial charge >= 0.3 is 0 Å². The monoisotopic (exact) mass is 421 g/mol. The predicted molar refractivity (Wildman–Crippen MR) is 109 cm³/mol. The summed E-state index contributed by atoms with van der Waals surface area (Å²) in [5, 5.41) is 15.5. The number of nitriles is 1. The van der Waals surface area contributed by atoms with Crippen molar-refractivity contribution in [3.05, 3.63) is 52.2 Å². The highest BCUT2D eigenvalue weighted by atomic mass is 35.5. The molecule has 7 nitrogen and oxygen atoms in total. The Morgan fingerprint density at radius 3 is 2.21 bits per heavy atom. The second-order valence-corrected chi connectivity index (χ2v) is 6.12. The smallest absolute Gasteiger partial charge is 0.267 e. The molecule has 28 heavy (non-hydrogen) atoms. The zero-order valence-electron chi connectivity index (χ0n) is 15.3. The lowest BCUT2D eigenvalue weighted by atomic mass is 10.2. The summed E-state index contributed by atoms with van der Waals surface area (Å²) in [6, 6.07) is 9.73. The van der Waals surface area contributed by atoms with Crippen molar-refractivity contribution < 1.29 is 19.0 Å². The van der Waals surface area contributed by atoms with E-state index in [1.807, 2.05) is 6.07 Å². The molecule has 0 heterocycles. The third-order valence-electron chi connectivity index (χ3n) is 3.62. The molecule has 0 spiro atoms. The van der Waals surface area contributed by atoms with Gasteiger partial charge in [-0.2, -0.15) is 5.26 Å². The minimum absolute atomic E-state index is 0.164. The number of methoxy groups -OCH3 is 3. The van der Waals surface area contributed by atoms with Gasteiger partial charge in [0.1, 0.15) is 28.9 Å². The van der Waals surface area contributed by atoms with E-state index in [2.05, 4.69) is 10.6 Å². The highest BCUT2D eigenvalue weighted by Crippen LogP contribution is 2.36. The van der Waals surface area contributed by atoms with Crippen LogP contribution in [0.5, 0.6) is 17.2 Å². The first-order valence-electron chi connectivity index (χ1n) is 7.86. The fraction of sp³-hybridized carbons (Fsp3) is 0.158. The van der Waals surface area contributed by atoms with Crippen molar-refractivity contribution in [1.29, 1.82) is 5.26 Å². The van der Waals surface area contributed by atoms with Crippen molar-refractivity contribution in [3.63, 3.8) is 0 Å². The normalized spacial score (nSPS) is 10.6. The van der Waals surface area contributed by atoms with Crippen molar-refractivity contribution >= 4 is 40.5 Å². The van der Waals surface area contributed by atoms with E-state index in [1.54, 1.807) is 24.3 Å². The van der Waals surface area contributed by atoms with Gasteiger partial charge in [0, 0.05) is 24.0 Å². The first kappa shape index (κ1) is 21.2. The maximum absolute atomic E-state index is 12.4. The summed E-state index contributed by atoms with van der Waals surface area (Å²) in [5.74, 6) is 0.688. The summed E-state index contributed by atoms with van der Waals surface area (Å²) in [6.45, 7) is 0. The third-order valence-corrected chi connectivity index (χ3v) is 4.21. The zero-order chi connectivity index (χ0) is 20.7. The third kappa shape index (κ3) is 5.00. The van der Waals surface area contributed by atoms with Crippen LogP contribution in [-0.4, -0.2) is 27.2 Å². The summed E-state index contributed by atoms with van der Waals surface area (Å²) in [7, 11) is 4.43. The van der Waals surface area contributed by atoms with Gasteiger partial charge in [0.15, 0.2) is 0 Å². The molecule has 0 saturated heterocycles. The number of halogens is 2. The number of hydrogen-bond donors (Lipinski definition) is 2. The van der Waals surface area contributed by atoms with Gasteiger partial charge in [-0.15, -0.1) is 0 Å². The largest absolute Gasteiger partial charge is 0.495 e. The molecule has 0 atom stereocenters. The highest BCUT2D eigenvalue weighted by molar-refractivity contribution is 6.32. The van der Waals surface area contributed by atoms with Crippen LogP contribution >= 0.6 is 23.2 Å². The Morgan fingerprint density at radius 1 is 1.00 bits per heavy atom. The van der Waals surface area contributed by atoms with Crippen LogP contribution in [0.15, 0.2) is 42.1 Å². The molecule has 2 aromatic carbocycles. The van der Waals surface area contributed by atoms with Gasteiger partial charge in [-0.25, -0.2) is 0 Å². The molecule has 0 unspecified atom stereocenters. The molecule has 0 aliphatic heterocycles. The van der Waals surface area contributed by atoms with Crippen molar-refractivity contribution in [2.45, 2.75) is 0 Å². The van der Waals surface area contributed by atoms with E-state index in [0.717, 1.165) is 0 Å². The van der Waals surface area contributed by atoms with E-state index < -0.39 is 5.91 Å². The quantitative estimate of drug-likeness (QED) is 0.505. The van der Waals surface area contributed by atoms with Crippen molar-refractivity contribution in [2.75, 3.05) is 32.0 Å². The molecule has 9 heteroatoms. The summed E-state index contributed by atoms with van der Waals surface area (Å²) < 4.78 is 15.5. The van der Waals surface area contributed by atoms with Crippen LogP contribution in [0.2, 0.25) is 10.0 Å². The van der Waals surface area contributed by atoms with Crippen LogP contribution in [0.1, 0.15) is 0 Å². The number of benzene rings is 2. The Labute approximate surface area is 172 Å². The molecular weight excluding hydrogens is 405 g/mol. The minimum Gasteiger partial charge on any atom is -0.495 e. The molecule has 0 fully saturated rings. The van der Waals surface area contributed by atoms with E-state index in [9.17, 15) is 10.1 Å². The maximum Gasteiger partial charge on any atom is 0.267 e. The van der Waals surface area contributed by atoms with Crippen LogP contribution < -0.4 is 24.8 Å².